The van der Waals surface area contributed by atoms with Gasteiger partial charge in [0.05, 0.1) is 0 Å². The van der Waals surface area contributed by atoms with Crippen molar-refractivity contribution in [3.8, 4) is 0 Å². The van der Waals surface area contributed by atoms with E-state index in [9.17, 15) is 0 Å². The van der Waals surface area contributed by atoms with Crippen LogP contribution in [0.2, 0.25) is 0 Å². The van der Waals surface area contributed by atoms with E-state index in [4.69, 9.17) is 0 Å². The standard InChI is InChI=1S/C18H30N2S/c1-14(18-13-16-5-3-4-6-17(16)21-18)19-10-7-15-8-11-20(2)12-9-15/h13-15,19H,3-12H2,1-2H3. The second-order valence-corrected chi connectivity index (χ2v) is 8.18. The number of nitrogens with zero attached hydrogens (tertiary/aromatic N) is 1. The van der Waals surface area contributed by atoms with Crippen LogP contribution in [0.3, 0.4) is 0 Å². The Balaban J connectivity index is 1.43. The second kappa shape index (κ2) is 7.26. The summed E-state index contributed by atoms with van der Waals surface area (Å²) in [5.74, 6) is 0.942. The monoisotopic (exact) mass is 306 g/mol. The van der Waals surface area contributed by atoms with E-state index in [0.717, 1.165) is 5.92 Å². The van der Waals surface area contributed by atoms with Crippen molar-refractivity contribution in [1.29, 1.82) is 0 Å². The Labute approximate surface area is 133 Å². The third-order valence-electron chi connectivity index (χ3n) is 5.28. The zero-order valence-electron chi connectivity index (χ0n) is 13.7. The number of rotatable bonds is 5. The summed E-state index contributed by atoms with van der Waals surface area (Å²) in [5, 5.41) is 3.76. The lowest BCUT2D eigenvalue weighted by molar-refractivity contribution is 0.211. The van der Waals surface area contributed by atoms with E-state index in [0.29, 0.717) is 6.04 Å². The molecule has 1 aliphatic carbocycles. The molecule has 0 amide bonds. The number of fused-ring (bicyclic) bond motifs is 1. The summed E-state index contributed by atoms with van der Waals surface area (Å²) in [6, 6.07) is 3.01. The molecule has 1 N–H and O–H groups in total. The van der Waals surface area contributed by atoms with Crippen LogP contribution in [0.4, 0.5) is 0 Å². The third kappa shape index (κ3) is 4.08. The van der Waals surface area contributed by atoms with Crippen LogP contribution in [0.1, 0.15) is 60.4 Å². The van der Waals surface area contributed by atoms with Gasteiger partial charge in [0, 0.05) is 15.8 Å². The first-order valence-electron chi connectivity index (χ1n) is 8.76. The van der Waals surface area contributed by atoms with Gasteiger partial charge in [0.2, 0.25) is 0 Å². The maximum absolute atomic E-state index is 3.76. The van der Waals surface area contributed by atoms with Gasteiger partial charge in [-0.3, -0.25) is 0 Å². The topological polar surface area (TPSA) is 15.3 Å². The normalized spacial score (nSPS) is 22.2. The molecule has 0 spiro atoms. The van der Waals surface area contributed by atoms with Gasteiger partial charge in [-0.15, -0.1) is 11.3 Å². The van der Waals surface area contributed by atoms with Gasteiger partial charge in [0.15, 0.2) is 0 Å². The number of aryl methyl sites for hydroxylation is 2. The number of piperidine rings is 1. The Kier molecular flexibility index (Phi) is 5.36. The molecule has 0 saturated carbocycles. The third-order valence-corrected chi connectivity index (χ3v) is 6.70. The van der Waals surface area contributed by atoms with Gasteiger partial charge in [-0.2, -0.15) is 0 Å². The van der Waals surface area contributed by atoms with Crippen LogP contribution in [0.5, 0.6) is 0 Å². The second-order valence-electron chi connectivity index (χ2n) is 7.02. The largest absolute Gasteiger partial charge is 0.309 e. The molecule has 1 aromatic rings. The van der Waals surface area contributed by atoms with E-state index in [1.165, 1.54) is 64.6 Å². The van der Waals surface area contributed by atoms with Gasteiger partial charge in [-0.05, 0) is 96.1 Å². The molecule has 1 atom stereocenters. The number of thiophene rings is 1. The zero-order valence-corrected chi connectivity index (χ0v) is 14.5. The first-order valence-corrected chi connectivity index (χ1v) is 9.57. The molecule has 1 unspecified atom stereocenters. The number of hydrogen-bond acceptors (Lipinski definition) is 3. The van der Waals surface area contributed by atoms with Gasteiger partial charge < -0.3 is 10.2 Å². The van der Waals surface area contributed by atoms with Crippen molar-refractivity contribution in [1.82, 2.24) is 10.2 Å². The summed E-state index contributed by atoms with van der Waals surface area (Å²) in [5.41, 5.74) is 1.64. The van der Waals surface area contributed by atoms with Gasteiger partial charge in [0.1, 0.15) is 0 Å². The highest BCUT2D eigenvalue weighted by Gasteiger charge is 2.18. The lowest BCUT2D eigenvalue weighted by Gasteiger charge is -2.29. The first kappa shape index (κ1) is 15.5. The van der Waals surface area contributed by atoms with Crippen molar-refractivity contribution < 1.29 is 0 Å². The minimum atomic E-state index is 0.534. The van der Waals surface area contributed by atoms with Crippen LogP contribution in [0.25, 0.3) is 0 Å². The van der Waals surface area contributed by atoms with E-state index in [1.54, 1.807) is 15.3 Å². The van der Waals surface area contributed by atoms with Crippen LogP contribution in [0.15, 0.2) is 6.07 Å². The molecule has 1 fully saturated rings. The van der Waals surface area contributed by atoms with Crippen molar-refractivity contribution in [2.45, 2.75) is 57.9 Å². The summed E-state index contributed by atoms with van der Waals surface area (Å²) in [6.45, 7) is 6.10. The van der Waals surface area contributed by atoms with E-state index in [2.05, 4.69) is 41.6 Å². The lowest BCUT2D eigenvalue weighted by Crippen LogP contribution is -2.31. The number of hydrogen-bond donors (Lipinski definition) is 1. The van der Waals surface area contributed by atoms with Crippen molar-refractivity contribution in [3.63, 3.8) is 0 Å². The maximum Gasteiger partial charge on any atom is 0.0386 e. The molecule has 0 radical (unpaired) electrons. The fourth-order valence-electron chi connectivity index (χ4n) is 3.68. The quantitative estimate of drug-likeness (QED) is 0.884. The molecule has 0 bridgehead atoms. The zero-order chi connectivity index (χ0) is 14.7. The summed E-state index contributed by atoms with van der Waals surface area (Å²) in [7, 11) is 2.25. The molecule has 1 saturated heterocycles. The predicted octanol–water partition coefficient (Wildman–Crippen LogP) is 4.01. The van der Waals surface area contributed by atoms with Gasteiger partial charge in [-0.25, -0.2) is 0 Å². The van der Waals surface area contributed by atoms with E-state index in [1.807, 2.05) is 0 Å². The maximum atomic E-state index is 3.76. The Morgan fingerprint density at radius 1 is 1.29 bits per heavy atom. The number of nitrogens with one attached hydrogen (secondary N) is 1. The van der Waals surface area contributed by atoms with Crippen molar-refractivity contribution in [3.05, 3.63) is 21.4 Å². The van der Waals surface area contributed by atoms with Crippen LogP contribution < -0.4 is 5.32 Å². The first-order chi connectivity index (χ1) is 10.2. The lowest BCUT2D eigenvalue weighted by atomic mass is 9.94. The molecule has 3 rings (SSSR count). The van der Waals surface area contributed by atoms with Crippen LogP contribution in [0, 0.1) is 5.92 Å². The van der Waals surface area contributed by atoms with Crippen molar-refractivity contribution in [2.75, 3.05) is 26.7 Å². The fourth-order valence-corrected chi connectivity index (χ4v) is 4.97. The Bertz CT molecular complexity index is 423. The Morgan fingerprint density at radius 2 is 2.05 bits per heavy atom. The molecule has 2 heterocycles. The van der Waals surface area contributed by atoms with Crippen LogP contribution in [-0.4, -0.2) is 31.6 Å². The Hall–Kier alpha value is -0.380. The average Bonchev–Trinajstić information content (AvgIpc) is 2.93. The summed E-state index contributed by atoms with van der Waals surface area (Å²) < 4.78 is 0. The van der Waals surface area contributed by atoms with Gasteiger partial charge in [0.25, 0.3) is 0 Å². The average molecular weight is 307 g/mol. The van der Waals surface area contributed by atoms with Gasteiger partial charge >= 0.3 is 0 Å². The van der Waals surface area contributed by atoms with Gasteiger partial charge in [-0.1, -0.05) is 0 Å². The summed E-state index contributed by atoms with van der Waals surface area (Å²) >= 11 is 2.06. The highest BCUT2D eigenvalue weighted by atomic mass is 32.1. The van der Waals surface area contributed by atoms with Crippen molar-refractivity contribution in [2.24, 2.45) is 5.92 Å². The van der Waals surface area contributed by atoms with Crippen LogP contribution >= 0.6 is 11.3 Å². The molecule has 1 aromatic heterocycles. The molecule has 21 heavy (non-hydrogen) atoms. The molecular weight excluding hydrogens is 276 g/mol. The smallest absolute Gasteiger partial charge is 0.0386 e. The summed E-state index contributed by atoms with van der Waals surface area (Å²) in [6.07, 6.45) is 9.55. The Morgan fingerprint density at radius 3 is 2.81 bits per heavy atom. The molecular formula is C18H30N2S. The summed E-state index contributed by atoms with van der Waals surface area (Å²) in [4.78, 5) is 5.69. The van der Waals surface area contributed by atoms with Crippen molar-refractivity contribution >= 4 is 11.3 Å². The SMILES string of the molecule is CC(NCCC1CCN(C)CC1)c1cc2c(s1)CCCC2. The molecule has 2 nitrogen and oxygen atoms in total. The predicted molar refractivity (Wildman–Crippen MR) is 92.2 cm³/mol. The molecule has 0 aromatic carbocycles. The highest BCUT2D eigenvalue weighted by Crippen LogP contribution is 2.32. The van der Waals surface area contributed by atoms with E-state index >= 15 is 0 Å². The van der Waals surface area contributed by atoms with Crippen LogP contribution in [-0.2, 0) is 12.8 Å². The molecule has 2 aliphatic rings. The molecule has 1 aliphatic heterocycles. The van der Waals surface area contributed by atoms with E-state index < -0.39 is 0 Å². The molecule has 3 heteroatoms. The number of likely N-dealkylation sites (tertiary alicyclic amines) is 1. The minimum Gasteiger partial charge on any atom is -0.309 e. The minimum absolute atomic E-state index is 0.534. The highest BCUT2D eigenvalue weighted by molar-refractivity contribution is 7.12. The fraction of sp³-hybridized carbons (Fsp3) is 0.778. The van der Waals surface area contributed by atoms with E-state index in [-0.39, 0.29) is 0 Å². The molecule has 118 valence electrons.